The van der Waals surface area contributed by atoms with Crippen LogP contribution in [0.2, 0.25) is 0 Å². The van der Waals surface area contributed by atoms with Crippen LogP contribution in [0.4, 0.5) is 0 Å². The fraction of sp³-hybridized carbons (Fsp3) is 0.615. The van der Waals surface area contributed by atoms with E-state index >= 15 is 0 Å². The second-order valence-corrected chi connectivity index (χ2v) is 4.77. The highest BCUT2D eigenvalue weighted by atomic mass is 16.5. The predicted octanol–water partition coefficient (Wildman–Crippen LogP) is 1.68. The summed E-state index contributed by atoms with van der Waals surface area (Å²) in [5.41, 5.74) is 8.57. The van der Waals surface area contributed by atoms with E-state index < -0.39 is 0 Å². The minimum atomic E-state index is 0.165. The van der Waals surface area contributed by atoms with E-state index in [2.05, 4.69) is 24.9 Å². The van der Waals surface area contributed by atoms with Crippen molar-refractivity contribution in [3.8, 4) is 0 Å². The summed E-state index contributed by atoms with van der Waals surface area (Å²) in [6.45, 7) is 5.00. The molecular weight excluding hydrogens is 200 g/mol. The summed E-state index contributed by atoms with van der Waals surface area (Å²) in [5, 5.41) is 0. The van der Waals surface area contributed by atoms with Crippen molar-refractivity contribution in [2.45, 2.75) is 38.8 Å². The van der Waals surface area contributed by atoms with Crippen LogP contribution in [-0.4, -0.2) is 23.7 Å². The van der Waals surface area contributed by atoms with E-state index in [0.29, 0.717) is 12.0 Å². The number of rotatable bonds is 3. The van der Waals surface area contributed by atoms with Crippen LogP contribution in [0.3, 0.4) is 0 Å². The number of pyridine rings is 1. The van der Waals surface area contributed by atoms with Crippen molar-refractivity contribution in [2.24, 2.45) is 11.7 Å². The number of hydrogen-bond donors (Lipinski definition) is 1. The van der Waals surface area contributed by atoms with E-state index in [9.17, 15) is 0 Å². The molecule has 0 amide bonds. The molecule has 3 nitrogen and oxygen atoms in total. The van der Waals surface area contributed by atoms with Crippen molar-refractivity contribution in [3.05, 3.63) is 29.6 Å². The van der Waals surface area contributed by atoms with Crippen molar-refractivity contribution in [2.75, 3.05) is 6.61 Å². The molecule has 3 heteroatoms. The lowest BCUT2D eigenvalue weighted by atomic mass is 9.93. The monoisotopic (exact) mass is 220 g/mol. The summed E-state index contributed by atoms with van der Waals surface area (Å²) in [7, 11) is 0. The molecule has 3 atom stereocenters. The maximum atomic E-state index is 6.22. The van der Waals surface area contributed by atoms with Crippen LogP contribution in [0.1, 0.15) is 24.6 Å². The van der Waals surface area contributed by atoms with Gasteiger partial charge in [0.2, 0.25) is 0 Å². The Bertz CT molecular complexity index is 354. The van der Waals surface area contributed by atoms with Gasteiger partial charge in [-0.3, -0.25) is 4.98 Å². The normalized spacial score (nSPS) is 26.9. The summed E-state index contributed by atoms with van der Waals surface area (Å²) in [5.74, 6) is 0.483. The van der Waals surface area contributed by atoms with Gasteiger partial charge in [0, 0.05) is 30.3 Å². The van der Waals surface area contributed by atoms with E-state index in [1.807, 2.05) is 12.3 Å². The molecular formula is C13H20N2O. The molecule has 1 fully saturated rings. The topological polar surface area (TPSA) is 48.1 Å². The predicted molar refractivity (Wildman–Crippen MR) is 64.2 cm³/mol. The van der Waals surface area contributed by atoms with Gasteiger partial charge in [0.05, 0.1) is 12.7 Å². The molecule has 1 aromatic heterocycles. The van der Waals surface area contributed by atoms with Crippen LogP contribution < -0.4 is 5.73 Å². The van der Waals surface area contributed by atoms with Crippen LogP contribution in [0.25, 0.3) is 0 Å². The minimum absolute atomic E-state index is 0.165. The van der Waals surface area contributed by atoms with E-state index in [-0.39, 0.29) is 6.04 Å². The smallest absolute Gasteiger partial charge is 0.0551 e. The highest BCUT2D eigenvalue weighted by Gasteiger charge is 2.27. The third kappa shape index (κ3) is 2.60. The Hall–Kier alpha value is -0.930. The molecule has 2 heterocycles. The summed E-state index contributed by atoms with van der Waals surface area (Å²) < 4.78 is 5.55. The van der Waals surface area contributed by atoms with Gasteiger partial charge in [0.25, 0.3) is 0 Å². The largest absolute Gasteiger partial charge is 0.378 e. The van der Waals surface area contributed by atoms with Crippen molar-refractivity contribution < 1.29 is 4.74 Å². The van der Waals surface area contributed by atoms with Crippen LogP contribution in [0, 0.1) is 12.8 Å². The Morgan fingerprint density at radius 2 is 2.44 bits per heavy atom. The lowest BCUT2D eigenvalue weighted by Gasteiger charge is -2.18. The Morgan fingerprint density at radius 1 is 1.62 bits per heavy atom. The van der Waals surface area contributed by atoms with E-state index in [1.54, 1.807) is 0 Å². The number of aryl methyl sites for hydroxylation is 1. The van der Waals surface area contributed by atoms with Gasteiger partial charge >= 0.3 is 0 Å². The Morgan fingerprint density at radius 3 is 3.06 bits per heavy atom. The van der Waals surface area contributed by atoms with Gasteiger partial charge in [-0.25, -0.2) is 0 Å². The second-order valence-electron chi connectivity index (χ2n) is 4.77. The number of aromatic nitrogens is 1. The molecule has 2 N–H and O–H groups in total. The van der Waals surface area contributed by atoms with Gasteiger partial charge < -0.3 is 10.5 Å². The molecule has 1 saturated heterocycles. The molecule has 1 aliphatic rings. The van der Waals surface area contributed by atoms with Gasteiger partial charge in [-0.05, 0) is 31.9 Å². The number of nitrogens with zero attached hydrogens (tertiary/aromatic N) is 1. The SMILES string of the molecule is Cc1cccnc1CC(N)C1COC(C)C1. The van der Waals surface area contributed by atoms with Crippen LogP contribution in [0.15, 0.2) is 18.3 Å². The van der Waals surface area contributed by atoms with Crippen LogP contribution in [-0.2, 0) is 11.2 Å². The Balaban J connectivity index is 1.97. The Labute approximate surface area is 97.0 Å². The first-order valence-corrected chi connectivity index (χ1v) is 5.94. The molecule has 88 valence electrons. The molecule has 0 saturated carbocycles. The number of ether oxygens (including phenoxy) is 1. The molecule has 0 spiro atoms. The first-order valence-electron chi connectivity index (χ1n) is 5.94. The molecule has 3 unspecified atom stereocenters. The molecule has 0 aromatic carbocycles. The Kier molecular flexibility index (Phi) is 3.56. The highest BCUT2D eigenvalue weighted by molar-refractivity contribution is 5.18. The fourth-order valence-electron chi connectivity index (χ4n) is 2.27. The van der Waals surface area contributed by atoms with Gasteiger partial charge in [-0.15, -0.1) is 0 Å². The molecule has 0 radical (unpaired) electrons. The molecule has 0 bridgehead atoms. The number of hydrogen-bond acceptors (Lipinski definition) is 3. The third-order valence-electron chi connectivity index (χ3n) is 3.38. The zero-order chi connectivity index (χ0) is 11.5. The van der Waals surface area contributed by atoms with E-state index in [4.69, 9.17) is 10.5 Å². The van der Waals surface area contributed by atoms with Crippen LogP contribution in [0.5, 0.6) is 0 Å². The van der Waals surface area contributed by atoms with Gasteiger partial charge in [-0.1, -0.05) is 6.07 Å². The summed E-state index contributed by atoms with van der Waals surface area (Å²) in [6.07, 6.45) is 4.13. The first-order chi connectivity index (χ1) is 7.66. The van der Waals surface area contributed by atoms with Gasteiger partial charge in [0.1, 0.15) is 0 Å². The lowest BCUT2D eigenvalue weighted by Crippen LogP contribution is -2.33. The van der Waals surface area contributed by atoms with E-state index in [0.717, 1.165) is 25.1 Å². The van der Waals surface area contributed by atoms with Gasteiger partial charge in [-0.2, -0.15) is 0 Å². The molecule has 1 aromatic rings. The molecule has 16 heavy (non-hydrogen) atoms. The zero-order valence-corrected chi connectivity index (χ0v) is 10.0. The minimum Gasteiger partial charge on any atom is -0.378 e. The second kappa shape index (κ2) is 4.93. The van der Waals surface area contributed by atoms with Crippen molar-refractivity contribution in [3.63, 3.8) is 0 Å². The summed E-state index contributed by atoms with van der Waals surface area (Å²) in [4.78, 5) is 4.39. The lowest BCUT2D eigenvalue weighted by molar-refractivity contribution is 0.118. The summed E-state index contributed by atoms with van der Waals surface area (Å²) in [6, 6.07) is 4.21. The zero-order valence-electron chi connectivity index (χ0n) is 10.0. The first kappa shape index (κ1) is 11.6. The molecule has 1 aliphatic heterocycles. The van der Waals surface area contributed by atoms with Gasteiger partial charge in [0.15, 0.2) is 0 Å². The highest BCUT2D eigenvalue weighted by Crippen LogP contribution is 2.23. The standard InChI is InChI=1S/C13H20N2O/c1-9-4-3-5-15-13(9)7-12(14)11-6-10(2)16-8-11/h3-5,10-12H,6-8,14H2,1-2H3. The van der Waals surface area contributed by atoms with Crippen molar-refractivity contribution in [1.82, 2.24) is 4.98 Å². The number of nitrogens with two attached hydrogens (primary N) is 1. The maximum Gasteiger partial charge on any atom is 0.0551 e. The average Bonchev–Trinajstić information content (AvgIpc) is 2.68. The maximum absolute atomic E-state index is 6.22. The quantitative estimate of drug-likeness (QED) is 0.843. The van der Waals surface area contributed by atoms with Crippen molar-refractivity contribution >= 4 is 0 Å². The van der Waals surface area contributed by atoms with Crippen LogP contribution >= 0.6 is 0 Å². The average molecular weight is 220 g/mol. The van der Waals surface area contributed by atoms with E-state index in [1.165, 1.54) is 5.56 Å². The molecule has 2 rings (SSSR count). The summed E-state index contributed by atoms with van der Waals surface area (Å²) >= 11 is 0. The van der Waals surface area contributed by atoms with Crippen molar-refractivity contribution in [1.29, 1.82) is 0 Å². The third-order valence-corrected chi connectivity index (χ3v) is 3.38. The fourth-order valence-corrected chi connectivity index (χ4v) is 2.27. The molecule has 0 aliphatic carbocycles.